The summed E-state index contributed by atoms with van der Waals surface area (Å²) in [7, 11) is 0. The molecule has 1 fully saturated rings. The Labute approximate surface area is 181 Å². The summed E-state index contributed by atoms with van der Waals surface area (Å²) in [5.74, 6) is -0.113. The highest BCUT2D eigenvalue weighted by atomic mass is 35.5. The molecule has 3 aromatic carbocycles. The van der Waals surface area contributed by atoms with Crippen LogP contribution in [-0.2, 0) is 18.0 Å². The second-order valence-electron chi connectivity index (χ2n) is 7.54. The second-order valence-corrected chi connectivity index (χ2v) is 7.94. The quantitative estimate of drug-likeness (QED) is 0.452. The maximum Gasteiger partial charge on any atom is 0.143 e. The Hall–Kier alpha value is -2.69. The molecule has 3 nitrogen and oxygen atoms in total. The monoisotopic (exact) mass is 422 g/mol. The number of rotatable bonds is 6. The highest BCUT2D eigenvalue weighted by Crippen LogP contribution is 2.28. The predicted molar refractivity (Wildman–Crippen MR) is 119 cm³/mol. The molecule has 1 aliphatic rings. The van der Waals surface area contributed by atoms with Crippen LogP contribution in [0.25, 0.3) is 0 Å². The number of halogens is 2. The molecule has 30 heavy (non-hydrogen) atoms. The van der Waals surface area contributed by atoms with Crippen LogP contribution < -0.4 is 0 Å². The number of benzene rings is 3. The van der Waals surface area contributed by atoms with Crippen LogP contribution in [0.2, 0.25) is 5.02 Å². The maximum atomic E-state index is 13.4. The van der Waals surface area contributed by atoms with Gasteiger partial charge in [0.15, 0.2) is 0 Å². The van der Waals surface area contributed by atoms with Crippen LogP contribution in [0.3, 0.4) is 0 Å². The van der Waals surface area contributed by atoms with Gasteiger partial charge in [0.25, 0.3) is 0 Å². The molecule has 0 bridgehead atoms. The number of likely N-dealkylation sites (tertiary alicyclic amines) is 1. The molecule has 0 radical (unpaired) electrons. The third kappa shape index (κ3) is 5.26. The lowest BCUT2D eigenvalue weighted by Gasteiger charge is -2.33. The number of oxime groups is 1. The van der Waals surface area contributed by atoms with E-state index in [1.165, 1.54) is 17.7 Å². The molecule has 0 spiro atoms. The summed E-state index contributed by atoms with van der Waals surface area (Å²) in [4.78, 5) is 8.08. The normalized spacial score (nSPS) is 18.5. The van der Waals surface area contributed by atoms with Crippen LogP contribution in [0.5, 0.6) is 0 Å². The zero-order valence-electron chi connectivity index (χ0n) is 16.7. The molecule has 1 saturated heterocycles. The summed E-state index contributed by atoms with van der Waals surface area (Å²) in [6.07, 6.45) is 0.909. The van der Waals surface area contributed by atoms with Crippen molar-refractivity contribution < 1.29 is 9.23 Å². The van der Waals surface area contributed by atoms with E-state index < -0.39 is 0 Å². The molecule has 5 heteroatoms. The van der Waals surface area contributed by atoms with Crippen LogP contribution in [0.1, 0.15) is 29.0 Å². The van der Waals surface area contributed by atoms with E-state index in [4.69, 9.17) is 16.4 Å². The Morgan fingerprint density at radius 3 is 2.47 bits per heavy atom. The Balaban J connectivity index is 1.51. The zero-order chi connectivity index (χ0) is 20.8. The Kier molecular flexibility index (Phi) is 6.77. The van der Waals surface area contributed by atoms with Crippen molar-refractivity contribution >= 4 is 17.3 Å². The Morgan fingerprint density at radius 1 is 0.967 bits per heavy atom. The van der Waals surface area contributed by atoms with E-state index >= 15 is 0 Å². The van der Waals surface area contributed by atoms with Gasteiger partial charge in [-0.15, -0.1) is 0 Å². The summed E-state index contributed by atoms with van der Waals surface area (Å²) in [6, 6.07) is 24.7. The van der Waals surface area contributed by atoms with Crippen LogP contribution in [0.15, 0.2) is 84.0 Å². The summed E-state index contributed by atoms with van der Waals surface area (Å²) >= 11 is 6.23. The van der Waals surface area contributed by atoms with Crippen LogP contribution in [0, 0.1) is 5.82 Å². The summed E-state index contributed by atoms with van der Waals surface area (Å²) in [5.41, 5.74) is 4.19. The van der Waals surface area contributed by atoms with Crippen LogP contribution in [0.4, 0.5) is 4.39 Å². The van der Waals surface area contributed by atoms with E-state index in [9.17, 15) is 4.39 Å². The average Bonchev–Trinajstić information content (AvgIpc) is 2.77. The van der Waals surface area contributed by atoms with Gasteiger partial charge in [0.05, 0.1) is 5.71 Å². The third-order valence-corrected chi connectivity index (χ3v) is 5.77. The van der Waals surface area contributed by atoms with Gasteiger partial charge in [-0.3, -0.25) is 4.90 Å². The smallest absolute Gasteiger partial charge is 0.143 e. The Morgan fingerprint density at radius 2 is 1.70 bits per heavy atom. The van der Waals surface area contributed by atoms with Gasteiger partial charge < -0.3 is 4.84 Å². The molecule has 1 atom stereocenters. The van der Waals surface area contributed by atoms with Gasteiger partial charge >= 0.3 is 0 Å². The van der Waals surface area contributed by atoms with E-state index in [0.717, 1.165) is 36.3 Å². The van der Waals surface area contributed by atoms with E-state index in [1.54, 1.807) is 0 Å². The summed E-state index contributed by atoms with van der Waals surface area (Å²) in [5, 5.41) is 5.18. The number of nitrogens with zero attached hydrogens (tertiary/aromatic N) is 2. The SMILES string of the molecule is Fc1ccc(C2CCN(Cc3ccccc3)C/C2=N\OCc2ccccc2Cl)cc1. The minimum atomic E-state index is -0.228. The van der Waals surface area contributed by atoms with E-state index in [1.807, 2.05) is 42.5 Å². The first-order valence-corrected chi connectivity index (χ1v) is 10.5. The molecule has 154 valence electrons. The van der Waals surface area contributed by atoms with Gasteiger partial charge in [-0.1, -0.05) is 77.4 Å². The van der Waals surface area contributed by atoms with Gasteiger partial charge in [-0.25, -0.2) is 4.39 Å². The van der Waals surface area contributed by atoms with Crippen molar-refractivity contribution in [3.05, 3.63) is 106 Å². The van der Waals surface area contributed by atoms with Crippen molar-refractivity contribution in [2.24, 2.45) is 5.16 Å². The fourth-order valence-corrected chi connectivity index (χ4v) is 4.01. The van der Waals surface area contributed by atoms with Crippen LogP contribution in [-0.4, -0.2) is 23.7 Å². The predicted octanol–water partition coefficient (Wildman–Crippen LogP) is 6.04. The van der Waals surface area contributed by atoms with Crippen molar-refractivity contribution in [3.63, 3.8) is 0 Å². The number of hydrogen-bond donors (Lipinski definition) is 0. The molecular formula is C25H24ClFN2O. The number of hydrogen-bond acceptors (Lipinski definition) is 3. The summed E-state index contributed by atoms with van der Waals surface area (Å²) in [6.45, 7) is 2.83. The highest BCUT2D eigenvalue weighted by Gasteiger charge is 2.27. The van der Waals surface area contributed by atoms with Crippen molar-refractivity contribution in [3.8, 4) is 0 Å². The molecule has 0 saturated carbocycles. The molecule has 0 amide bonds. The lowest BCUT2D eigenvalue weighted by molar-refractivity contribution is 0.125. The zero-order valence-corrected chi connectivity index (χ0v) is 17.4. The maximum absolute atomic E-state index is 13.4. The molecule has 1 unspecified atom stereocenters. The first kappa shape index (κ1) is 20.6. The molecule has 1 heterocycles. The minimum Gasteiger partial charge on any atom is -0.391 e. The Bertz CT molecular complexity index is 992. The molecule has 0 aliphatic carbocycles. The van der Waals surface area contributed by atoms with E-state index in [0.29, 0.717) is 18.2 Å². The first-order valence-electron chi connectivity index (χ1n) is 10.1. The van der Waals surface area contributed by atoms with Crippen molar-refractivity contribution in [2.45, 2.75) is 25.5 Å². The van der Waals surface area contributed by atoms with Gasteiger partial charge in [-0.05, 0) is 42.3 Å². The molecular weight excluding hydrogens is 399 g/mol. The number of piperidine rings is 1. The van der Waals surface area contributed by atoms with Gasteiger partial charge in [0.2, 0.25) is 0 Å². The van der Waals surface area contributed by atoms with Crippen molar-refractivity contribution in [1.82, 2.24) is 4.90 Å². The molecule has 1 aliphatic heterocycles. The van der Waals surface area contributed by atoms with E-state index in [-0.39, 0.29) is 11.7 Å². The fraction of sp³-hybridized carbons (Fsp3) is 0.240. The first-order chi connectivity index (χ1) is 14.7. The van der Waals surface area contributed by atoms with Gasteiger partial charge in [-0.2, -0.15) is 0 Å². The molecule has 3 aromatic rings. The fourth-order valence-electron chi connectivity index (χ4n) is 3.82. The lowest BCUT2D eigenvalue weighted by Crippen LogP contribution is -2.39. The third-order valence-electron chi connectivity index (χ3n) is 5.40. The van der Waals surface area contributed by atoms with Gasteiger partial charge in [0.1, 0.15) is 12.4 Å². The van der Waals surface area contributed by atoms with Crippen molar-refractivity contribution in [2.75, 3.05) is 13.1 Å². The van der Waals surface area contributed by atoms with Crippen molar-refractivity contribution in [1.29, 1.82) is 0 Å². The molecule has 4 rings (SSSR count). The second kappa shape index (κ2) is 9.88. The largest absolute Gasteiger partial charge is 0.391 e. The minimum absolute atomic E-state index is 0.115. The molecule has 0 N–H and O–H groups in total. The van der Waals surface area contributed by atoms with Gasteiger partial charge in [0, 0.05) is 29.6 Å². The molecule has 0 aromatic heterocycles. The average molecular weight is 423 g/mol. The van der Waals surface area contributed by atoms with E-state index in [2.05, 4.69) is 34.3 Å². The summed E-state index contributed by atoms with van der Waals surface area (Å²) < 4.78 is 13.4. The standard InChI is InChI=1S/C25H24ClFN2O/c26-24-9-5-4-8-21(24)18-30-28-25-17-29(16-19-6-2-1-3-7-19)15-14-23(25)20-10-12-22(27)13-11-20/h1-13,23H,14-18H2/b28-25+. The van der Waals surface area contributed by atoms with Crippen LogP contribution >= 0.6 is 11.6 Å². The topological polar surface area (TPSA) is 24.8 Å². The lowest BCUT2D eigenvalue weighted by atomic mass is 9.87. The highest BCUT2D eigenvalue weighted by molar-refractivity contribution is 6.31.